The Morgan fingerprint density at radius 2 is 1.82 bits per heavy atom. The van der Waals surface area contributed by atoms with E-state index in [1.54, 1.807) is 21.0 Å². The van der Waals surface area contributed by atoms with Crippen molar-refractivity contribution in [3.05, 3.63) is 58.9 Å². The number of fused-ring (bicyclic) bond motifs is 1. The van der Waals surface area contributed by atoms with Gasteiger partial charge in [0.05, 0.1) is 27.0 Å². The van der Waals surface area contributed by atoms with E-state index in [-0.39, 0.29) is 4.90 Å². The molecule has 0 fully saturated rings. The second-order valence-corrected chi connectivity index (χ2v) is 10.0. The maximum Gasteiger partial charge on any atom is 0.279 e. The molecule has 0 atom stereocenters. The van der Waals surface area contributed by atoms with Crippen LogP contribution in [0.1, 0.15) is 24.2 Å². The molecule has 3 rings (SSSR count). The van der Waals surface area contributed by atoms with Crippen LogP contribution in [-0.2, 0) is 21.1 Å². The molecular formula is C20H22N2O4S2. The van der Waals surface area contributed by atoms with Crippen molar-refractivity contribution in [1.29, 1.82) is 0 Å². The van der Waals surface area contributed by atoms with E-state index in [0.717, 1.165) is 10.2 Å². The number of ether oxygens (including phenoxy) is 1. The highest BCUT2D eigenvalue weighted by Crippen LogP contribution is 2.18. The lowest BCUT2D eigenvalue weighted by molar-refractivity contribution is 0.0997. The van der Waals surface area contributed by atoms with Gasteiger partial charge in [-0.1, -0.05) is 23.5 Å². The van der Waals surface area contributed by atoms with Gasteiger partial charge in [0.1, 0.15) is 0 Å². The first-order valence-corrected chi connectivity index (χ1v) is 11.2. The molecule has 2 aromatic carbocycles. The minimum absolute atomic E-state index is 0.205. The minimum atomic E-state index is -3.37. The summed E-state index contributed by atoms with van der Waals surface area (Å²) in [5.41, 5.74) is 1.34. The number of nitrogens with zero attached hydrogens (tertiary/aromatic N) is 2. The number of sulfone groups is 1. The summed E-state index contributed by atoms with van der Waals surface area (Å²) < 4.78 is 32.6. The summed E-state index contributed by atoms with van der Waals surface area (Å²) in [6.07, 6.45) is 0. The Hall–Kier alpha value is -2.29. The Balaban J connectivity index is 1.99. The summed E-state index contributed by atoms with van der Waals surface area (Å²) in [5.74, 6) is -0.411. The lowest BCUT2D eigenvalue weighted by Gasteiger charge is -2.07. The topological polar surface area (TPSA) is 77.7 Å². The fourth-order valence-electron chi connectivity index (χ4n) is 2.72. The first-order valence-electron chi connectivity index (χ1n) is 8.85. The van der Waals surface area contributed by atoms with Gasteiger partial charge in [-0.15, -0.1) is 0 Å². The number of para-hydroxylation sites is 1. The van der Waals surface area contributed by atoms with Crippen LogP contribution in [0.3, 0.4) is 0 Å². The van der Waals surface area contributed by atoms with E-state index in [1.165, 1.54) is 35.6 Å². The zero-order valence-corrected chi connectivity index (χ0v) is 17.6. The van der Waals surface area contributed by atoms with E-state index in [4.69, 9.17) is 4.74 Å². The molecule has 0 saturated heterocycles. The first kappa shape index (κ1) is 20.4. The van der Waals surface area contributed by atoms with Crippen molar-refractivity contribution in [3.8, 4) is 0 Å². The van der Waals surface area contributed by atoms with Crippen LogP contribution < -0.4 is 4.80 Å². The van der Waals surface area contributed by atoms with Gasteiger partial charge in [-0.05, 0) is 50.2 Å². The number of carbonyl (C=O) groups excluding carboxylic acids is 1. The van der Waals surface area contributed by atoms with E-state index in [1.807, 2.05) is 28.8 Å². The molecule has 0 unspecified atom stereocenters. The Bertz CT molecular complexity index is 1160. The molecule has 0 radical (unpaired) electrons. The van der Waals surface area contributed by atoms with Gasteiger partial charge in [-0.25, -0.2) is 8.42 Å². The zero-order valence-electron chi connectivity index (χ0n) is 16.0. The van der Waals surface area contributed by atoms with Crippen LogP contribution >= 0.6 is 11.3 Å². The third-order valence-electron chi connectivity index (χ3n) is 4.35. The Labute approximate surface area is 168 Å². The number of hydrogen-bond acceptors (Lipinski definition) is 5. The molecule has 1 amide bonds. The van der Waals surface area contributed by atoms with E-state index in [9.17, 15) is 13.2 Å². The predicted octanol–water partition coefficient (Wildman–Crippen LogP) is 3.27. The molecule has 0 aliphatic heterocycles. The van der Waals surface area contributed by atoms with E-state index < -0.39 is 21.0 Å². The number of aromatic nitrogens is 1. The Morgan fingerprint density at radius 1 is 1.14 bits per heavy atom. The monoisotopic (exact) mass is 418 g/mol. The van der Waals surface area contributed by atoms with E-state index >= 15 is 0 Å². The summed E-state index contributed by atoms with van der Waals surface area (Å²) in [7, 11) is -1.74. The van der Waals surface area contributed by atoms with Crippen molar-refractivity contribution in [2.45, 2.75) is 30.5 Å². The van der Waals surface area contributed by atoms with Crippen molar-refractivity contribution in [2.75, 3.05) is 13.7 Å². The maximum atomic E-state index is 12.7. The fraction of sp³-hybridized carbons (Fsp3) is 0.300. The Morgan fingerprint density at radius 3 is 2.46 bits per heavy atom. The van der Waals surface area contributed by atoms with Gasteiger partial charge < -0.3 is 9.30 Å². The third kappa shape index (κ3) is 4.09. The van der Waals surface area contributed by atoms with Crippen molar-refractivity contribution >= 4 is 37.3 Å². The number of carbonyl (C=O) groups is 1. The Kier molecular flexibility index (Phi) is 6.12. The first-order chi connectivity index (χ1) is 13.3. The van der Waals surface area contributed by atoms with Gasteiger partial charge in [0, 0.05) is 19.2 Å². The van der Waals surface area contributed by atoms with Crippen LogP contribution in [0.15, 0.2) is 58.4 Å². The summed E-state index contributed by atoms with van der Waals surface area (Å²) in [6, 6.07) is 13.8. The SMILES string of the molecule is COCCn1c(=NC(=O)c2ccc(S(=O)(=O)C(C)C)cc2)sc2ccccc21. The highest BCUT2D eigenvalue weighted by atomic mass is 32.2. The van der Waals surface area contributed by atoms with Gasteiger partial charge in [0.15, 0.2) is 14.6 Å². The number of rotatable bonds is 6. The highest BCUT2D eigenvalue weighted by molar-refractivity contribution is 7.92. The maximum absolute atomic E-state index is 12.7. The summed E-state index contributed by atoms with van der Waals surface area (Å²) in [4.78, 5) is 17.7. The standard InChI is InChI=1S/C20H22N2O4S2/c1-14(2)28(24,25)16-10-8-15(9-11-16)19(23)21-20-22(12-13-26-3)17-6-4-5-7-18(17)27-20/h4-11,14H,12-13H2,1-3H3. The second kappa shape index (κ2) is 8.38. The van der Waals surface area contributed by atoms with Crippen molar-refractivity contribution in [1.82, 2.24) is 4.57 Å². The molecule has 1 aromatic heterocycles. The number of hydrogen-bond donors (Lipinski definition) is 0. The van der Waals surface area contributed by atoms with Crippen LogP contribution in [-0.4, -0.2) is 37.9 Å². The molecule has 0 saturated carbocycles. The van der Waals surface area contributed by atoms with Gasteiger partial charge in [-0.3, -0.25) is 4.79 Å². The summed E-state index contributed by atoms with van der Waals surface area (Å²) in [6.45, 7) is 4.34. The zero-order chi connectivity index (χ0) is 20.3. The second-order valence-electron chi connectivity index (χ2n) is 6.53. The lowest BCUT2D eigenvalue weighted by atomic mass is 10.2. The van der Waals surface area contributed by atoms with Crippen molar-refractivity contribution in [2.24, 2.45) is 4.99 Å². The molecule has 0 N–H and O–H groups in total. The van der Waals surface area contributed by atoms with Crippen LogP contribution in [0, 0.1) is 0 Å². The molecule has 1 heterocycles. The number of thiazole rings is 1. The number of benzene rings is 2. The lowest BCUT2D eigenvalue weighted by Crippen LogP contribution is -2.19. The summed E-state index contributed by atoms with van der Waals surface area (Å²) >= 11 is 1.43. The molecule has 0 aliphatic rings. The third-order valence-corrected chi connectivity index (χ3v) is 7.58. The quantitative estimate of drug-likeness (QED) is 0.616. The van der Waals surface area contributed by atoms with Crippen LogP contribution in [0.25, 0.3) is 10.2 Å². The minimum Gasteiger partial charge on any atom is -0.383 e. The number of methoxy groups -OCH3 is 1. The van der Waals surface area contributed by atoms with Crippen LogP contribution in [0.5, 0.6) is 0 Å². The largest absolute Gasteiger partial charge is 0.383 e. The smallest absolute Gasteiger partial charge is 0.279 e. The molecule has 28 heavy (non-hydrogen) atoms. The van der Waals surface area contributed by atoms with Gasteiger partial charge in [0.25, 0.3) is 5.91 Å². The summed E-state index contributed by atoms with van der Waals surface area (Å²) in [5, 5.41) is -0.517. The molecule has 0 bridgehead atoms. The average Bonchev–Trinajstić information content (AvgIpc) is 3.03. The van der Waals surface area contributed by atoms with Crippen LogP contribution in [0.2, 0.25) is 0 Å². The van der Waals surface area contributed by atoms with Crippen molar-refractivity contribution in [3.63, 3.8) is 0 Å². The van der Waals surface area contributed by atoms with Gasteiger partial charge in [-0.2, -0.15) is 4.99 Å². The molecule has 8 heteroatoms. The van der Waals surface area contributed by atoms with Crippen molar-refractivity contribution < 1.29 is 17.9 Å². The molecule has 0 spiro atoms. The predicted molar refractivity (Wildman–Crippen MR) is 110 cm³/mol. The average molecular weight is 419 g/mol. The number of amides is 1. The van der Waals surface area contributed by atoms with E-state index in [0.29, 0.717) is 23.5 Å². The van der Waals surface area contributed by atoms with E-state index in [2.05, 4.69) is 4.99 Å². The molecule has 0 aliphatic carbocycles. The molecule has 6 nitrogen and oxygen atoms in total. The normalized spacial score (nSPS) is 12.8. The van der Waals surface area contributed by atoms with Crippen LogP contribution in [0.4, 0.5) is 0 Å². The highest BCUT2D eigenvalue weighted by Gasteiger charge is 2.19. The van der Waals surface area contributed by atoms with Gasteiger partial charge >= 0.3 is 0 Å². The molecule has 3 aromatic rings. The van der Waals surface area contributed by atoms with Gasteiger partial charge in [0.2, 0.25) is 0 Å². The fourth-order valence-corrected chi connectivity index (χ4v) is 4.83. The molecule has 148 valence electrons. The molecular weight excluding hydrogens is 396 g/mol.